The fourth-order valence-electron chi connectivity index (χ4n) is 5.01. The third-order valence-electron chi connectivity index (χ3n) is 7.57. The fourth-order valence-corrected chi connectivity index (χ4v) is 5.24. The Morgan fingerprint density at radius 3 is 2.56 bits per heavy atom. The molecule has 2 heterocycles. The first kappa shape index (κ1) is 26.5. The summed E-state index contributed by atoms with van der Waals surface area (Å²) in [6, 6.07) is 1.59. The second kappa shape index (κ2) is 10.1. The maximum absolute atomic E-state index is 13.1. The average Bonchev–Trinajstić information content (AvgIpc) is 3.59. The smallest absolute Gasteiger partial charge is 0.391 e. The number of β-amino-alcohol motifs (C(OH)–C–C–N with tert-alkyl or cyclic N) is 1. The standard InChI is InChI=1S/C24H30ClF3N4O4/c1-15-21(35)30(9-2-3-20(34)31-10-8-23(6-7-23)19(33)14-31)11-12-32(15)22(36)29-16-4-5-18(25)17(13-16)24(26,27)28/h4-5,13,15,19,33H,2-3,6-12,14H2,1H3,(H,29,36)/t15-,19+/m0/s1. The van der Waals surface area contributed by atoms with Crippen LogP contribution in [0.25, 0.3) is 0 Å². The Bertz CT molecular complexity index is 1030. The van der Waals surface area contributed by atoms with Gasteiger partial charge in [0.05, 0.1) is 16.7 Å². The molecule has 2 atom stereocenters. The number of alkyl halides is 3. The molecular formula is C24H30ClF3N4O4. The highest BCUT2D eigenvalue weighted by Crippen LogP contribution is 2.53. The van der Waals surface area contributed by atoms with Gasteiger partial charge in [-0.3, -0.25) is 9.59 Å². The monoisotopic (exact) mass is 530 g/mol. The molecule has 0 radical (unpaired) electrons. The molecule has 2 N–H and O–H groups in total. The molecule has 4 amide bonds. The topological polar surface area (TPSA) is 93.2 Å². The zero-order chi connectivity index (χ0) is 26.3. The number of amides is 4. The van der Waals surface area contributed by atoms with E-state index in [1.165, 1.54) is 11.0 Å². The number of nitrogens with one attached hydrogen (secondary N) is 1. The third kappa shape index (κ3) is 5.56. The minimum Gasteiger partial charge on any atom is -0.391 e. The Balaban J connectivity index is 1.25. The van der Waals surface area contributed by atoms with Crippen molar-refractivity contribution in [1.29, 1.82) is 0 Å². The highest BCUT2D eigenvalue weighted by molar-refractivity contribution is 6.31. The normalized spacial score (nSPS) is 23.7. The molecule has 1 aromatic rings. The number of carbonyl (C=O) groups excluding carboxylic acids is 3. The maximum Gasteiger partial charge on any atom is 0.417 e. The Morgan fingerprint density at radius 1 is 1.19 bits per heavy atom. The Kier molecular flexibility index (Phi) is 7.43. The predicted molar refractivity (Wildman–Crippen MR) is 126 cm³/mol. The van der Waals surface area contributed by atoms with Gasteiger partial charge in [-0.1, -0.05) is 11.6 Å². The van der Waals surface area contributed by atoms with Crippen LogP contribution in [0.2, 0.25) is 5.02 Å². The third-order valence-corrected chi connectivity index (χ3v) is 7.90. The predicted octanol–water partition coefficient (Wildman–Crippen LogP) is 3.58. The highest BCUT2D eigenvalue weighted by atomic mass is 35.5. The molecule has 3 aliphatic rings. The van der Waals surface area contributed by atoms with Gasteiger partial charge in [-0.25, -0.2) is 4.79 Å². The average molecular weight is 531 g/mol. The van der Waals surface area contributed by atoms with Crippen molar-refractivity contribution in [3.05, 3.63) is 28.8 Å². The zero-order valence-electron chi connectivity index (χ0n) is 20.0. The van der Waals surface area contributed by atoms with Crippen LogP contribution in [0.3, 0.4) is 0 Å². The van der Waals surface area contributed by atoms with E-state index < -0.39 is 34.9 Å². The molecular weight excluding hydrogens is 501 g/mol. The quantitative estimate of drug-likeness (QED) is 0.608. The highest BCUT2D eigenvalue weighted by Gasteiger charge is 2.51. The minimum atomic E-state index is -4.67. The summed E-state index contributed by atoms with van der Waals surface area (Å²) in [6.07, 6.45) is -1.53. The number of likely N-dealkylation sites (tertiary alicyclic amines) is 1. The van der Waals surface area contributed by atoms with Gasteiger partial charge < -0.3 is 25.1 Å². The van der Waals surface area contributed by atoms with Crippen molar-refractivity contribution in [3.8, 4) is 0 Å². The van der Waals surface area contributed by atoms with Gasteiger partial charge in [0.15, 0.2) is 0 Å². The molecule has 4 rings (SSSR count). The summed E-state index contributed by atoms with van der Waals surface area (Å²) in [5.41, 5.74) is -1.11. The van der Waals surface area contributed by atoms with E-state index in [4.69, 9.17) is 11.6 Å². The van der Waals surface area contributed by atoms with Gasteiger partial charge in [0.25, 0.3) is 0 Å². The molecule has 3 fully saturated rings. The van der Waals surface area contributed by atoms with Crippen LogP contribution in [0.4, 0.5) is 23.7 Å². The molecule has 8 nitrogen and oxygen atoms in total. The van der Waals surface area contributed by atoms with Gasteiger partial charge in [-0.15, -0.1) is 0 Å². The van der Waals surface area contributed by atoms with Crippen molar-refractivity contribution in [1.82, 2.24) is 14.7 Å². The number of hydrogen-bond acceptors (Lipinski definition) is 4. The number of aliphatic hydroxyl groups is 1. The number of benzene rings is 1. The summed E-state index contributed by atoms with van der Waals surface area (Å²) in [4.78, 5) is 42.6. The molecule has 36 heavy (non-hydrogen) atoms. The Labute approximate surface area is 212 Å². The lowest BCUT2D eigenvalue weighted by molar-refractivity contribution is -0.140. The molecule has 1 aromatic carbocycles. The number of aliphatic hydroxyl groups excluding tert-OH is 1. The maximum atomic E-state index is 13.1. The molecule has 2 saturated heterocycles. The van der Waals surface area contributed by atoms with Gasteiger partial charge in [0, 0.05) is 44.8 Å². The lowest BCUT2D eigenvalue weighted by Crippen LogP contribution is -2.58. The summed E-state index contributed by atoms with van der Waals surface area (Å²) >= 11 is 5.62. The summed E-state index contributed by atoms with van der Waals surface area (Å²) < 4.78 is 39.3. The van der Waals surface area contributed by atoms with Gasteiger partial charge in [-0.2, -0.15) is 13.2 Å². The van der Waals surface area contributed by atoms with Crippen molar-refractivity contribution in [2.45, 2.75) is 57.3 Å². The Morgan fingerprint density at radius 2 is 1.92 bits per heavy atom. The van der Waals surface area contributed by atoms with E-state index in [0.29, 0.717) is 26.1 Å². The van der Waals surface area contributed by atoms with E-state index in [1.807, 2.05) is 0 Å². The number of piperidine rings is 1. The molecule has 0 unspecified atom stereocenters. The van der Waals surface area contributed by atoms with E-state index in [-0.39, 0.29) is 42.4 Å². The number of halogens is 4. The lowest BCUT2D eigenvalue weighted by Gasteiger charge is -2.39. The number of hydrogen-bond donors (Lipinski definition) is 2. The molecule has 1 aliphatic carbocycles. The van der Waals surface area contributed by atoms with E-state index in [9.17, 15) is 32.7 Å². The van der Waals surface area contributed by atoms with Crippen LogP contribution in [0.1, 0.15) is 44.6 Å². The second-order valence-electron chi connectivity index (χ2n) is 9.89. The van der Waals surface area contributed by atoms with Crippen LogP contribution >= 0.6 is 11.6 Å². The summed E-state index contributed by atoms with van der Waals surface area (Å²) in [7, 11) is 0. The van der Waals surface area contributed by atoms with Crippen LogP contribution in [-0.2, 0) is 15.8 Å². The van der Waals surface area contributed by atoms with Gasteiger partial charge in [0.1, 0.15) is 6.04 Å². The molecule has 1 saturated carbocycles. The van der Waals surface area contributed by atoms with E-state index in [1.54, 1.807) is 16.7 Å². The molecule has 198 valence electrons. The van der Waals surface area contributed by atoms with Crippen molar-refractivity contribution >= 4 is 35.1 Å². The first-order chi connectivity index (χ1) is 16.9. The van der Waals surface area contributed by atoms with E-state index in [0.717, 1.165) is 31.4 Å². The van der Waals surface area contributed by atoms with Crippen molar-refractivity contribution in [2.24, 2.45) is 5.41 Å². The number of anilines is 1. The van der Waals surface area contributed by atoms with Gasteiger partial charge in [0.2, 0.25) is 11.8 Å². The van der Waals surface area contributed by atoms with Crippen LogP contribution in [0.5, 0.6) is 0 Å². The summed E-state index contributed by atoms with van der Waals surface area (Å²) in [6.45, 7) is 3.39. The molecule has 2 aliphatic heterocycles. The van der Waals surface area contributed by atoms with E-state index >= 15 is 0 Å². The first-order valence-electron chi connectivity index (χ1n) is 12.1. The summed E-state index contributed by atoms with van der Waals surface area (Å²) in [5.74, 6) is -0.329. The van der Waals surface area contributed by atoms with Crippen molar-refractivity contribution in [3.63, 3.8) is 0 Å². The Hall–Kier alpha value is -2.53. The number of nitrogens with zero attached hydrogens (tertiary/aromatic N) is 3. The van der Waals surface area contributed by atoms with Gasteiger partial charge >= 0.3 is 12.2 Å². The number of piperazine rings is 1. The number of rotatable bonds is 5. The van der Waals surface area contributed by atoms with Crippen LogP contribution in [0.15, 0.2) is 18.2 Å². The summed E-state index contributed by atoms with van der Waals surface area (Å²) in [5, 5.41) is 12.2. The molecule has 0 aromatic heterocycles. The van der Waals surface area contributed by atoms with Crippen molar-refractivity contribution in [2.75, 3.05) is 38.0 Å². The molecule has 1 spiro atoms. The second-order valence-corrected chi connectivity index (χ2v) is 10.3. The van der Waals surface area contributed by atoms with E-state index in [2.05, 4.69) is 5.32 Å². The molecule has 0 bridgehead atoms. The number of urea groups is 1. The van der Waals surface area contributed by atoms with Crippen LogP contribution in [-0.4, -0.2) is 82.5 Å². The van der Waals surface area contributed by atoms with Gasteiger partial charge in [-0.05, 0) is 56.2 Å². The molecule has 12 heteroatoms. The van der Waals surface area contributed by atoms with Crippen LogP contribution in [0, 0.1) is 5.41 Å². The fraction of sp³-hybridized carbons (Fsp3) is 0.625. The number of carbonyl (C=O) groups is 3. The lowest BCUT2D eigenvalue weighted by atomic mass is 9.90. The minimum absolute atomic E-state index is 0.0273. The first-order valence-corrected chi connectivity index (χ1v) is 12.5. The van der Waals surface area contributed by atoms with Crippen molar-refractivity contribution < 1.29 is 32.7 Å². The SMILES string of the molecule is C[C@H]1C(=O)N(CCCC(=O)N2CCC3(CC3)[C@H](O)C2)CCN1C(=O)Nc1ccc(Cl)c(C(F)(F)F)c1. The largest absolute Gasteiger partial charge is 0.417 e. The zero-order valence-corrected chi connectivity index (χ0v) is 20.7. The van der Waals surface area contributed by atoms with Crippen LogP contribution < -0.4 is 5.32 Å².